The molecule has 21 heavy (non-hydrogen) atoms. The first-order chi connectivity index (χ1) is 10.0. The number of aliphatic hydroxyl groups is 1. The zero-order chi connectivity index (χ0) is 15.4. The number of rotatable bonds is 6. The molecule has 0 radical (unpaired) electrons. The van der Waals surface area contributed by atoms with Crippen LogP contribution in [0.4, 0.5) is 0 Å². The summed E-state index contributed by atoms with van der Waals surface area (Å²) in [6, 6.07) is 7.47. The number of aromatic nitrogens is 2. The van der Waals surface area contributed by atoms with Crippen LogP contribution in [0.3, 0.4) is 0 Å². The Morgan fingerprint density at radius 1 is 1.29 bits per heavy atom. The Morgan fingerprint density at radius 2 is 2.05 bits per heavy atom. The molecular formula is C16H22N2O3. The third kappa shape index (κ3) is 3.55. The second kappa shape index (κ2) is 6.63. The van der Waals surface area contributed by atoms with E-state index in [0.717, 1.165) is 23.5 Å². The lowest BCUT2D eigenvalue weighted by molar-refractivity contribution is 0.198. The number of nitrogens with zero attached hydrogens (tertiary/aromatic N) is 2. The van der Waals surface area contributed by atoms with Crippen LogP contribution in [0.25, 0.3) is 0 Å². The molecule has 0 saturated carbocycles. The van der Waals surface area contributed by atoms with Crippen molar-refractivity contribution in [2.24, 2.45) is 0 Å². The molecule has 114 valence electrons. The van der Waals surface area contributed by atoms with Crippen LogP contribution in [0.1, 0.15) is 36.9 Å². The molecule has 1 aromatic carbocycles. The average molecular weight is 290 g/mol. The maximum atomic E-state index is 9.61. The topological polar surface area (TPSA) is 56.5 Å². The second-order valence-electron chi connectivity index (χ2n) is 4.97. The minimum Gasteiger partial charge on any atom is -0.493 e. The van der Waals surface area contributed by atoms with E-state index >= 15 is 0 Å². The van der Waals surface area contributed by atoms with Crippen molar-refractivity contribution in [3.63, 3.8) is 0 Å². The van der Waals surface area contributed by atoms with E-state index in [1.165, 1.54) is 0 Å². The normalized spacial score (nSPS) is 12.2. The Bertz CT molecular complexity index is 606. The average Bonchev–Trinajstić information content (AvgIpc) is 2.84. The first-order valence-electron chi connectivity index (χ1n) is 7.07. The summed E-state index contributed by atoms with van der Waals surface area (Å²) in [5.74, 6) is 1.27. The van der Waals surface area contributed by atoms with E-state index in [4.69, 9.17) is 9.47 Å². The minimum atomic E-state index is -0.530. The highest BCUT2D eigenvalue weighted by Crippen LogP contribution is 2.30. The minimum absolute atomic E-state index is 0.430. The van der Waals surface area contributed by atoms with Crippen LogP contribution < -0.4 is 9.47 Å². The molecule has 1 atom stereocenters. The van der Waals surface area contributed by atoms with E-state index in [2.05, 4.69) is 5.10 Å². The van der Waals surface area contributed by atoms with Crippen LogP contribution >= 0.6 is 0 Å². The highest BCUT2D eigenvalue weighted by Gasteiger charge is 2.10. The van der Waals surface area contributed by atoms with Gasteiger partial charge in [-0.15, -0.1) is 0 Å². The summed E-state index contributed by atoms with van der Waals surface area (Å²) >= 11 is 0. The van der Waals surface area contributed by atoms with Crippen molar-refractivity contribution in [2.45, 2.75) is 40.0 Å². The number of hydrogen-bond acceptors (Lipinski definition) is 4. The van der Waals surface area contributed by atoms with E-state index in [9.17, 15) is 5.11 Å². The predicted octanol–water partition coefficient (Wildman–Crippen LogP) is 2.85. The Balaban J connectivity index is 2.15. The Hall–Kier alpha value is -2.01. The Kier molecular flexibility index (Phi) is 4.85. The molecule has 0 fully saturated rings. The van der Waals surface area contributed by atoms with E-state index in [0.29, 0.717) is 18.1 Å². The van der Waals surface area contributed by atoms with E-state index in [1.807, 2.05) is 36.7 Å². The summed E-state index contributed by atoms with van der Waals surface area (Å²) in [6.45, 7) is 6.98. The highest BCUT2D eigenvalue weighted by molar-refractivity contribution is 5.43. The fourth-order valence-corrected chi connectivity index (χ4v) is 2.20. The van der Waals surface area contributed by atoms with Gasteiger partial charge >= 0.3 is 0 Å². The van der Waals surface area contributed by atoms with Gasteiger partial charge in [-0.25, -0.2) is 0 Å². The lowest BCUT2D eigenvalue weighted by Crippen LogP contribution is -2.06. The van der Waals surface area contributed by atoms with Crippen LogP contribution in [0.2, 0.25) is 0 Å². The number of hydrogen-bond donors (Lipinski definition) is 1. The van der Waals surface area contributed by atoms with Crippen molar-refractivity contribution in [3.8, 4) is 11.5 Å². The van der Waals surface area contributed by atoms with Crippen LogP contribution in [0.5, 0.6) is 11.5 Å². The number of ether oxygens (including phenoxy) is 2. The standard InChI is InChI=1S/C16H22N2O3/c1-5-18-14(8-11(2)17-18)10-21-15-7-6-13(12(3)19)9-16(15)20-4/h6-9,12,19H,5,10H2,1-4H3. The van der Waals surface area contributed by atoms with Crippen LogP contribution in [-0.2, 0) is 13.2 Å². The second-order valence-corrected chi connectivity index (χ2v) is 4.97. The largest absolute Gasteiger partial charge is 0.493 e. The molecule has 0 aliphatic rings. The molecule has 0 amide bonds. The SMILES string of the molecule is CCn1nc(C)cc1COc1ccc(C(C)O)cc1OC. The Morgan fingerprint density at radius 3 is 2.67 bits per heavy atom. The first kappa shape index (κ1) is 15.4. The molecule has 5 nitrogen and oxygen atoms in total. The van der Waals surface area contributed by atoms with E-state index < -0.39 is 6.10 Å². The molecule has 0 aliphatic carbocycles. The van der Waals surface area contributed by atoms with Gasteiger partial charge in [-0.05, 0) is 44.5 Å². The number of methoxy groups -OCH3 is 1. The summed E-state index contributed by atoms with van der Waals surface area (Å²) in [6.07, 6.45) is -0.530. The van der Waals surface area contributed by atoms with Crippen molar-refractivity contribution < 1.29 is 14.6 Å². The molecule has 0 bridgehead atoms. The zero-order valence-electron chi connectivity index (χ0n) is 13.0. The van der Waals surface area contributed by atoms with Gasteiger partial charge in [0.15, 0.2) is 11.5 Å². The molecule has 0 aliphatic heterocycles. The predicted molar refractivity (Wildman–Crippen MR) is 80.6 cm³/mol. The first-order valence-corrected chi connectivity index (χ1v) is 7.07. The van der Waals surface area contributed by atoms with E-state index in [-0.39, 0.29) is 0 Å². The van der Waals surface area contributed by atoms with Gasteiger partial charge in [-0.1, -0.05) is 6.07 Å². The molecule has 2 rings (SSSR count). The van der Waals surface area contributed by atoms with Gasteiger partial charge in [0.2, 0.25) is 0 Å². The van der Waals surface area contributed by atoms with E-state index in [1.54, 1.807) is 20.1 Å². The maximum absolute atomic E-state index is 9.61. The number of benzene rings is 1. The summed E-state index contributed by atoms with van der Waals surface area (Å²) < 4.78 is 13.1. The van der Waals surface area contributed by atoms with Crippen molar-refractivity contribution in [1.29, 1.82) is 0 Å². The third-order valence-corrected chi connectivity index (χ3v) is 3.33. The Labute approximate surface area is 125 Å². The summed E-state index contributed by atoms with van der Waals surface area (Å²) in [5.41, 5.74) is 2.80. The fraction of sp³-hybridized carbons (Fsp3) is 0.438. The highest BCUT2D eigenvalue weighted by atomic mass is 16.5. The quantitative estimate of drug-likeness (QED) is 0.889. The summed E-state index contributed by atoms with van der Waals surface area (Å²) in [5, 5.41) is 14.0. The van der Waals surface area contributed by atoms with Gasteiger partial charge in [-0.3, -0.25) is 4.68 Å². The smallest absolute Gasteiger partial charge is 0.161 e. The van der Waals surface area contributed by atoms with Gasteiger partial charge < -0.3 is 14.6 Å². The molecule has 0 saturated heterocycles. The van der Waals surface area contributed by atoms with Crippen LogP contribution in [0, 0.1) is 6.92 Å². The lowest BCUT2D eigenvalue weighted by atomic mass is 10.1. The van der Waals surface area contributed by atoms with Gasteiger partial charge in [0, 0.05) is 6.54 Å². The van der Waals surface area contributed by atoms with Crippen molar-refractivity contribution >= 4 is 0 Å². The molecule has 5 heteroatoms. The van der Waals surface area contributed by atoms with Crippen LogP contribution in [-0.4, -0.2) is 22.0 Å². The molecule has 2 aromatic rings. The van der Waals surface area contributed by atoms with Gasteiger partial charge in [0.05, 0.1) is 24.6 Å². The molecular weight excluding hydrogens is 268 g/mol. The molecule has 1 unspecified atom stereocenters. The van der Waals surface area contributed by atoms with Crippen LogP contribution in [0.15, 0.2) is 24.3 Å². The number of aryl methyl sites for hydroxylation is 2. The van der Waals surface area contributed by atoms with Gasteiger partial charge in [0.25, 0.3) is 0 Å². The monoisotopic (exact) mass is 290 g/mol. The molecule has 1 heterocycles. The zero-order valence-corrected chi connectivity index (χ0v) is 13.0. The molecule has 0 spiro atoms. The maximum Gasteiger partial charge on any atom is 0.161 e. The lowest BCUT2D eigenvalue weighted by Gasteiger charge is -2.13. The molecule has 1 N–H and O–H groups in total. The van der Waals surface area contributed by atoms with Crippen molar-refractivity contribution in [3.05, 3.63) is 41.2 Å². The van der Waals surface area contributed by atoms with Gasteiger partial charge in [-0.2, -0.15) is 5.10 Å². The van der Waals surface area contributed by atoms with Crippen molar-refractivity contribution in [1.82, 2.24) is 9.78 Å². The summed E-state index contributed by atoms with van der Waals surface area (Å²) in [7, 11) is 1.59. The summed E-state index contributed by atoms with van der Waals surface area (Å²) in [4.78, 5) is 0. The number of aliphatic hydroxyl groups excluding tert-OH is 1. The van der Waals surface area contributed by atoms with Crippen molar-refractivity contribution in [2.75, 3.05) is 7.11 Å². The van der Waals surface area contributed by atoms with Gasteiger partial charge in [0.1, 0.15) is 6.61 Å². The third-order valence-electron chi connectivity index (χ3n) is 3.33. The molecule has 1 aromatic heterocycles. The fourth-order valence-electron chi connectivity index (χ4n) is 2.20.